The summed E-state index contributed by atoms with van der Waals surface area (Å²) in [5.74, 6) is -0.0244. The molecule has 0 aliphatic rings. The Labute approximate surface area is 109 Å². The Morgan fingerprint density at radius 3 is 2.12 bits per heavy atom. The number of benzene rings is 1. The van der Waals surface area contributed by atoms with Gasteiger partial charge in [0.25, 0.3) is 0 Å². The molecule has 1 amide bonds. The number of carbonyl (C=O) groups is 1. The Balaban J connectivity index is 0.00000256. The van der Waals surface area contributed by atoms with Crippen molar-refractivity contribution in [2.75, 3.05) is 13.1 Å². The van der Waals surface area contributed by atoms with Gasteiger partial charge in [-0.2, -0.15) is 0 Å². The van der Waals surface area contributed by atoms with Crippen molar-refractivity contribution in [1.82, 2.24) is 4.90 Å². The summed E-state index contributed by atoms with van der Waals surface area (Å²) in [5, 5.41) is 0. The van der Waals surface area contributed by atoms with Gasteiger partial charge in [-0.25, -0.2) is 0 Å². The topological polar surface area (TPSA) is 46.3 Å². The van der Waals surface area contributed by atoms with Crippen molar-refractivity contribution in [1.29, 1.82) is 0 Å². The van der Waals surface area contributed by atoms with Crippen LogP contribution in [-0.2, 0) is 10.3 Å². The van der Waals surface area contributed by atoms with E-state index < -0.39 is 5.54 Å². The van der Waals surface area contributed by atoms with E-state index in [9.17, 15) is 4.79 Å². The highest BCUT2D eigenvalue weighted by molar-refractivity contribution is 5.87. The second-order valence-electron chi connectivity index (χ2n) is 4.05. The second-order valence-corrected chi connectivity index (χ2v) is 4.05. The lowest BCUT2D eigenvalue weighted by atomic mass is 9.91. The lowest BCUT2D eigenvalue weighted by molar-refractivity contribution is -0.136. The number of hydrogen-bond acceptors (Lipinski definition) is 2. The first-order chi connectivity index (χ1) is 7.54. The zero-order valence-corrected chi connectivity index (χ0v) is 11.5. The number of nitrogens with two attached hydrogens (primary N) is 1. The van der Waals surface area contributed by atoms with Gasteiger partial charge in [-0.15, -0.1) is 12.4 Å². The van der Waals surface area contributed by atoms with E-state index in [-0.39, 0.29) is 18.3 Å². The Hall–Kier alpha value is -1.06. The van der Waals surface area contributed by atoms with Crippen molar-refractivity contribution < 1.29 is 4.79 Å². The first-order valence-electron chi connectivity index (χ1n) is 5.67. The average molecular weight is 257 g/mol. The number of hydrogen-bond donors (Lipinski definition) is 1. The molecule has 0 bridgehead atoms. The molecule has 0 heterocycles. The summed E-state index contributed by atoms with van der Waals surface area (Å²) in [6, 6.07) is 9.50. The lowest BCUT2D eigenvalue weighted by Gasteiger charge is -2.30. The van der Waals surface area contributed by atoms with Crippen LogP contribution in [0.2, 0.25) is 0 Å². The van der Waals surface area contributed by atoms with Crippen molar-refractivity contribution in [3.63, 3.8) is 0 Å². The van der Waals surface area contributed by atoms with E-state index in [1.807, 2.05) is 44.2 Å². The number of rotatable bonds is 4. The van der Waals surface area contributed by atoms with E-state index >= 15 is 0 Å². The molecule has 17 heavy (non-hydrogen) atoms. The van der Waals surface area contributed by atoms with Crippen LogP contribution < -0.4 is 5.73 Å². The van der Waals surface area contributed by atoms with Crippen molar-refractivity contribution in [2.45, 2.75) is 26.3 Å². The quantitative estimate of drug-likeness (QED) is 0.897. The third-order valence-corrected chi connectivity index (χ3v) is 2.87. The van der Waals surface area contributed by atoms with Gasteiger partial charge in [0.2, 0.25) is 5.91 Å². The molecule has 1 aromatic rings. The molecule has 2 N–H and O–H groups in total. The van der Waals surface area contributed by atoms with Crippen LogP contribution in [0.3, 0.4) is 0 Å². The highest BCUT2D eigenvalue weighted by Gasteiger charge is 2.33. The van der Waals surface area contributed by atoms with E-state index in [1.54, 1.807) is 11.8 Å². The Bertz CT molecular complexity index is 348. The third kappa shape index (κ3) is 3.45. The summed E-state index contributed by atoms with van der Waals surface area (Å²) in [5.41, 5.74) is 6.06. The summed E-state index contributed by atoms with van der Waals surface area (Å²) >= 11 is 0. The van der Waals surface area contributed by atoms with Crippen molar-refractivity contribution in [3.8, 4) is 0 Å². The SMILES string of the molecule is CCN(CC)C(=O)C(C)(N)c1ccccc1.Cl. The molecule has 0 aliphatic heterocycles. The fourth-order valence-corrected chi connectivity index (χ4v) is 1.75. The van der Waals surface area contributed by atoms with Gasteiger partial charge >= 0.3 is 0 Å². The largest absolute Gasteiger partial charge is 0.341 e. The second kappa shape index (κ2) is 6.62. The number of halogens is 1. The van der Waals surface area contributed by atoms with Gasteiger partial charge in [0.05, 0.1) is 0 Å². The molecule has 1 rings (SSSR count). The maximum atomic E-state index is 12.2. The van der Waals surface area contributed by atoms with Crippen LogP contribution >= 0.6 is 12.4 Å². The van der Waals surface area contributed by atoms with Gasteiger partial charge in [-0.1, -0.05) is 30.3 Å². The first-order valence-corrected chi connectivity index (χ1v) is 5.67. The van der Waals surface area contributed by atoms with Crippen molar-refractivity contribution >= 4 is 18.3 Å². The Morgan fingerprint density at radius 1 is 1.24 bits per heavy atom. The van der Waals surface area contributed by atoms with Gasteiger partial charge in [-0.05, 0) is 26.3 Å². The highest BCUT2D eigenvalue weighted by atomic mass is 35.5. The van der Waals surface area contributed by atoms with Crippen LogP contribution in [-0.4, -0.2) is 23.9 Å². The molecule has 96 valence electrons. The van der Waals surface area contributed by atoms with Gasteiger partial charge in [0, 0.05) is 13.1 Å². The summed E-state index contributed by atoms with van der Waals surface area (Å²) in [4.78, 5) is 14.0. The zero-order chi connectivity index (χ0) is 12.2. The van der Waals surface area contributed by atoms with E-state index in [4.69, 9.17) is 5.73 Å². The lowest BCUT2D eigenvalue weighted by Crippen LogP contribution is -2.50. The molecule has 0 fully saturated rings. The van der Waals surface area contributed by atoms with Gasteiger partial charge in [0.1, 0.15) is 5.54 Å². The number of nitrogens with zero attached hydrogens (tertiary/aromatic N) is 1. The Morgan fingerprint density at radius 2 is 1.71 bits per heavy atom. The van der Waals surface area contributed by atoms with Gasteiger partial charge in [-0.3, -0.25) is 4.79 Å². The van der Waals surface area contributed by atoms with Crippen LogP contribution in [0.5, 0.6) is 0 Å². The molecule has 0 aliphatic carbocycles. The molecule has 1 atom stereocenters. The van der Waals surface area contributed by atoms with Gasteiger partial charge < -0.3 is 10.6 Å². The summed E-state index contributed by atoms with van der Waals surface area (Å²) in [6.45, 7) is 7.07. The molecule has 4 heteroatoms. The van der Waals surface area contributed by atoms with Crippen LogP contribution in [0.1, 0.15) is 26.3 Å². The third-order valence-electron chi connectivity index (χ3n) is 2.87. The molecule has 1 aromatic carbocycles. The van der Waals surface area contributed by atoms with E-state index in [0.29, 0.717) is 13.1 Å². The first kappa shape index (κ1) is 15.9. The van der Waals surface area contributed by atoms with Crippen molar-refractivity contribution in [3.05, 3.63) is 35.9 Å². The summed E-state index contributed by atoms with van der Waals surface area (Å²) in [6.07, 6.45) is 0. The van der Waals surface area contributed by atoms with Gasteiger partial charge in [0.15, 0.2) is 0 Å². The molecule has 0 spiro atoms. The predicted octanol–water partition coefficient (Wildman–Crippen LogP) is 2.15. The van der Waals surface area contributed by atoms with E-state index in [1.165, 1.54) is 0 Å². The van der Waals surface area contributed by atoms with Crippen LogP contribution in [0.4, 0.5) is 0 Å². The minimum Gasteiger partial charge on any atom is -0.341 e. The fraction of sp³-hybridized carbons (Fsp3) is 0.462. The number of amides is 1. The molecular formula is C13H21ClN2O. The van der Waals surface area contributed by atoms with E-state index in [2.05, 4.69) is 0 Å². The fourth-order valence-electron chi connectivity index (χ4n) is 1.75. The highest BCUT2D eigenvalue weighted by Crippen LogP contribution is 2.20. The van der Waals surface area contributed by atoms with Crippen LogP contribution in [0, 0.1) is 0 Å². The molecule has 0 radical (unpaired) electrons. The molecule has 0 saturated heterocycles. The summed E-state index contributed by atoms with van der Waals surface area (Å²) in [7, 11) is 0. The molecule has 3 nitrogen and oxygen atoms in total. The molecule has 1 unspecified atom stereocenters. The normalized spacial score (nSPS) is 13.4. The Kier molecular flexibility index (Phi) is 6.21. The van der Waals surface area contributed by atoms with E-state index in [0.717, 1.165) is 5.56 Å². The van der Waals surface area contributed by atoms with Crippen molar-refractivity contribution in [2.24, 2.45) is 5.73 Å². The maximum Gasteiger partial charge on any atom is 0.246 e. The molecule has 0 aromatic heterocycles. The monoisotopic (exact) mass is 256 g/mol. The van der Waals surface area contributed by atoms with Crippen LogP contribution in [0.15, 0.2) is 30.3 Å². The smallest absolute Gasteiger partial charge is 0.246 e. The minimum atomic E-state index is -0.937. The number of carbonyl (C=O) groups excluding carboxylic acids is 1. The minimum absolute atomic E-state index is 0. The maximum absolute atomic E-state index is 12.2. The average Bonchev–Trinajstić information content (AvgIpc) is 2.31. The van der Waals surface area contributed by atoms with Crippen LogP contribution in [0.25, 0.3) is 0 Å². The number of likely N-dealkylation sites (N-methyl/N-ethyl adjacent to an activating group) is 1. The zero-order valence-electron chi connectivity index (χ0n) is 10.6. The standard InChI is InChI=1S/C13H20N2O.ClH/c1-4-15(5-2)12(16)13(3,14)11-9-7-6-8-10-11;/h6-10H,4-5,14H2,1-3H3;1H. The molecule has 0 saturated carbocycles. The summed E-state index contributed by atoms with van der Waals surface area (Å²) < 4.78 is 0. The molecular weight excluding hydrogens is 236 g/mol. The predicted molar refractivity (Wildman–Crippen MR) is 73.2 cm³/mol.